The van der Waals surface area contributed by atoms with E-state index < -0.39 is 16.1 Å². The number of carbonyl (C=O) groups is 1. The van der Waals surface area contributed by atoms with Gasteiger partial charge in [0, 0.05) is 25.7 Å². The first-order chi connectivity index (χ1) is 15.0. The first kappa shape index (κ1) is 21.4. The Morgan fingerprint density at radius 3 is 2.58 bits per heavy atom. The minimum atomic E-state index is -3.76. The van der Waals surface area contributed by atoms with E-state index in [0.717, 1.165) is 5.56 Å². The van der Waals surface area contributed by atoms with E-state index >= 15 is 0 Å². The highest BCUT2D eigenvalue weighted by Crippen LogP contribution is 2.34. The molecule has 166 valence electrons. The Morgan fingerprint density at radius 1 is 1.13 bits per heavy atom. The number of ether oxygens (including phenoxy) is 4. The van der Waals surface area contributed by atoms with Gasteiger partial charge in [-0.2, -0.15) is 0 Å². The minimum Gasteiger partial charge on any atom is -0.497 e. The molecule has 10 heteroatoms. The summed E-state index contributed by atoms with van der Waals surface area (Å²) in [6.45, 7) is 2.19. The number of rotatable bonds is 6. The van der Waals surface area contributed by atoms with E-state index in [2.05, 4.69) is 4.72 Å². The maximum Gasteiger partial charge on any atom is 0.267 e. The van der Waals surface area contributed by atoms with Crippen molar-refractivity contribution < 1.29 is 32.2 Å². The summed E-state index contributed by atoms with van der Waals surface area (Å²) in [6.07, 6.45) is -0.763. The van der Waals surface area contributed by atoms with Gasteiger partial charge in [0.2, 0.25) is 16.1 Å². The number of morpholine rings is 1. The van der Waals surface area contributed by atoms with Crippen LogP contribution >= 0.6 is 0 Å². The fourth-order valence-corrected chi connectivity index (χ4v) is 4.37. The Hall–Kier alpha value is -2.82. The van der Waals surface area contributed by atoms with Gasteiger partial charge in [-0.05, 0) is 29.8 Å². The van der Waals surface area contributed by atoms with Crippen molar-refractivity contribution in [1.29, 1.82) is 0 Å². The lowest BCUT2D eigenvalue weighted by molar-refractivity contribution is -0.145. The lowest BCUT2D eigenvalue weighted by Crippen LogP contribution is -2.50. The molecule has 0 aromatic heterocycles. The molecule has 2 aromatic carbocycles. The number of methoxy groups -OCH3 is 1. The second-order valence-corrected chi connectivity index (χ2v) is 8.90. The van der Waals surface area contributed by atoms with E-state index in [1.54, 1.807) is 36.3 Å². The highest BCUT2D eigenvalue weighted by molar-refractivity contribution is 7.89. The number of benzene rings is 2. The third kappa shape index (κ3) is 4.92. The Bertz CT molecular complexity index is 1030. The van der Waals surface area contributed by atoms with Gasteiger partial charge in [-0.25, -0.2) is 13.1 Å². The number of amides is 1. The van der Waals surface area contributed by atoms with Crippen LogP contribution in [-0.2, 0) is 26.1 Å². The van der Waals surface area contributed by atoms with E-state index in [1.165, 1.54) is 18.2 Å². The van der Waals surface area contributed by atoms with Gasteiger partial charge in [0.25, 0.3) is 5.91 Å². The van der Waals surface area contributed by atoms with Gasteiger partial charge in [-0.15, -0.1) is 0 Å². The van der Waals surface area contributed by atoms with E-state index in [9.17, 15) is 13.2 Å². The molecule has 0 radical (unpaired) electrons. The Morgan fingerprint density at radius 2 is 1.87 bits per heavy atom. The molecular formula is C21H24N2O7S. The van der Waals surface area contributed by atoms with Gasteiger partial charge < -0.3 is 23.8 Å². The molecule has 1 unspecified atom stereocenters. The highest BCUT2D eigenvalue weighted by atomic mass is 32.2. The molecule has 0 bridgehead atoms. The van der Waals surface area contributed by atoms with Crippen molar-refractivity contribution in [3.8, 4) is 17.2 Å². The summed E-state index contributed by atoms with van der Waals surface area (Å²) >= 11 is 0. The molecule has 4 rings (SSSR count). The predicted octanol–water partition coefficient (Wildman–Crippen LogP) is 1.17. The van der Waals surface area contributed by atoms with E-state index in [-0.39, 0.29) is 24.0 Å². The van der Waals surface area contributed by atoms with Crippen LogP contribution in [0.4, 0.5) is 0 Å². The molecule has 31 heavy (non-hydrogen) atoms. The molecule has 1 atom stereocenters. The maximum absolute atomic E-state index is 12.7. The molecule has 2 heterocycles. The molecule has 0 saturated carbocycles. The van der Waals surface area contributed by atoms with Crippen LogP contribution in [0.5, 0.6) is 17.2 Å². The zero-order chi connectivity index (χ0) is 21.8. The summed E-state index contributed by atoms with van der Waals surface area (Å²) in [6, 6.07) is 11.5. The van der Waals surface area contributed by atoms with Crippen molar-refractivity contribution in [1.82, 2.24) is 9.62 Å². The van der Waals surface area contributed by atoms with Crippen LogP contribution in [0.15, 0.2) is 47.4 Å². The summed E-state index contributed by atoms with van der Waals surface area (Å²) in [5, 5.41) is 0. The van der Waals surface area contributed by atoms with Crippen LogP contribution in [0, 0.1) is 0 Å². The molecule has 9 nitrogen and oxygen atoms in total. The predicted molar refractivity (Wildman–Crippen MR) is 111 cm³/mol. The molecule has 1 saturated heterocycles. The van der Waals surface area contributed by atoms with Crippen molar-refractivity contribution >= 4 is 15.9 Å². The summed E-state index contributed by atoms with van der Waals surface area (Å²) < 4.78 is 49.8. The first-order valence-corrected chi connectivity index (χ1v) is 11.4. The molecule has 2 aromatic rings. The van der Waals surface area contributed by atoms with Crippen LogP contribution in [-0.4, -0.2) is 65.3 Å². The zero-order valence-electron chi connectivity index (χ0n) is 17.1. The number of hydrogen-bond acceptors (Lipinski definition) is 7. The van der Waals surface area contributed by atoms with Crippen molar-refractivity contribution in [2.45, 2.75) is 17.5 Å². The SMILES string of the molecule is COc1ccc(CNS(=O)(=O)c2ccc3c(c2)OCC(C(=O)N2CCOCC2)O3)cc1. The fourth-order valence-electron chi connectivity index (χ4n) is 3.33. The van der Waals surface area contributed by atoms with E-state index in [0.29, 0.717) is 43.6 Å². The van der Waals surface area contributed by atoms with Crippen LogP contribution in [0.3, 0.4) is 0 Å². The standard InChI is InChI=1S/C21H24N2O7S/c1-27-16-4-2-15(3-5-16)13-22-31(25,26)17-6-7-18-19(12-17)29-14-20(30-18)21(24)23-8-10-28-11-9-23/h2-7,12,20,22H,8-11,13-14H2,1H3. The quantitative estimate of drug-likeness (QED) is 0.708. The zero-order valence-corrected chi connectivity index (χ0v) is 17.9. The Balaban J connectivity index is 1.41. The summed E-state index contributed by atoms with van der Waals surface area (Å²) in [5.41, 5.74) is 0.798. The second-order valence-electron chi connectivity index (χ2n) is 7.14. The van der Waals surface area contributed by atoms with Gasteiger partial charge in [0.05, 0.1) is 25.2 Å². The Labute approximate surface area is 180 Å². The van der Waals surface area contributed by atoms with Gasteiger partial charge >= 0.3 is 0 Å². The lowest BCUT2D eigenvalue weighted by atomic mass is 10.2. The van der Waals surface area contributed by atoms with Crippen LogP contribution in [0.25, 0.3) is 0 Å². The molecule has 1 amide bonds. The number of fused-ring (bicyclic) bond motifs is 1. The van der Waals surface area contributed by atoms with Crippen LogP contribution < -0.4 is 18.9 Å². The normalized spacial score (nSPS) is 18.5. The largest absolute Gasteiger partial charge is 0.497 e. The molecule has 1 N–H and O–H groups in total. The van der Waals surface area contributed by atoms with Crippen molar-refractivity contribution in [2.75, 3.05) is 40.0 Å². The van der Waals surface area contributed by atoms with Gasteiger partial charge in [0.15, 0.2) is 11.5 Å². The van der Waals surface area contributed by atoms with E-state index in [1.807, 2.05) is 0 Å². The highest BCUT2D eigenvalue weighted by Gasteiger charge is 2.32. The smallest absolute Gasteiger partial charge is 0.267 e. The number of carbonyl (C=O) groups excluding carboxylic acids is 1. The average molecular weight is 448 g/mol. The number of hydrogen-bond donors (Lipinski definition) is 1. The monoisotopic (exact) mass is 448 g/mol. The molecule has 2 aliphatic rings. The van der Waals surface area contributed by atoms with Crippen LogP contribution in [0.2, 0.25) is 0 Å². The van der Waals surface area contributed by atoms with Gasteiger partial charge in [0.1, 0.15) is 12.4 Å². The maximum atomic E-state index is 12.7. The summed E-state index contributed by atoms with van der Waals surface area (Å²) in [4.78, 5) is 14.3. The minimum absolute atomic E-state index is 0.0198. The topological polar surface area (TPSA) is 103 Å². The number of sulfonamides is 1. The van der Waals surface area contributed by atoms with Crippen LogP contribution in [0.1, 0.15) is 5.56 Å². The number of nitrogens with one attached hydrogen (secondary N) is 1. The van der Waals surface area contributed by atoms with Gasteiger partial charge in [-0.3, -0.25) is 4.79 Å². The lowest BCUT2D eigenvalue weighted by Gasteiger charge is -2.32. The van der Waals surface area contributed by atoms with Gasteiger partial charge in [-0.1, -0.05) is 12.1 Å². The fraction of sp³-hybridized carbons (Fsp3) is 0.381. The molecule has 2 aliphatic heterocycles. The summed E-state index contributed by atoms with van der Waals surface area (Å²) in [5.74, 6) is 1.17. The number of nitrogens with zero attached hydrogens (tertiary/aromatic N) is 1. The molecule has 0 spiro atoms. The Kier molecular flexibility index (Phi) is 6.30. The molecule has 0 aliphatic carbocycles. The molecule has 1 fully saturated rings. The third-order valence-electron chi connectivity index (χ3n) is 5.11. The molecular weight excluding hydrogens is 424 g/mol. The second kappa shape index (κ2) is 9.13. The average Bonchev–Trinajstić information content (AvgIpc) is 2.82. The van der Waals surface area contributed by atoms with Crippen molar-refractivity contribution in [3.05, 3.63) is 48.0 Å². The van der Waals surface area contributed by atoms with Crippen molar-refractivity contribution in [3.63, 3.8) is 0 Å². The van der Waals surface area contributed by atoms with E-state index in [4.69, 9.17) is 18.9 Å². The third-order valence-corrected chi connectivity index (χ3v) is 6.51. The first-order valence-electron chi connectivity index (χ1n) is 9.89. The van der Waals surface area contributed by atoms with Crippen molar-refractivity contribution in [2.24, 2.45) is 0 Å². The summed E-state index contributed by atoms with van der Waals surface area (Å²) in [7, 11) is -2.19.